The summed E-state index contributed by atoms with van der Waals surface area (Å²) < 4.78 is 62.9. The van der Waals surface area contributed by atoms with Crippen molar-refractivity contribution in [2.45, 2.75) is 24.2 Å². The molecule has 1 N–H and O–H groups in total. The van der Waals surface area contributed by atoms with Crippen molar-refractivity contribution in [3.63, 3.8) is 0 Å². The number of nitrogens with zero attached hydrogens (tertiary/aromatic N) is 1. The van der Waals surface area contributed by atoms with Crippen molar-refractivity contribution in [2.24, 2.45) is 0 Å². The molecular weight excluding hydrogens is 293 g/mol. The van der Waals surface area contributed by atoms with Crippen LogP contribution in [0.4, 0.5) is 27.6 Å². The number of rotatable bonds is 2. The van der Waals surface area contributed by atoms with E-state index in [4.69, 9.17) is 11.6 Å². The van der Waals surface area contributed by atoms with Crippen LogP contribution in [-0.4, -0.2) is 24.4 Å². The van der Waals surface area contributed by atoms with Crippen LogP contribution in [0.25, 0.3) is 0 Å². The Morgan fingerprint density at radius 3 is 2.42 bits per heavy atom. The summed E-state index contributed by atoms with van der Waals surface area (Å²) in [5.41, 5.74) is -0.106. The average molecular weight is 302 g/mol. The molecule has 0 fully saturated rings. The van der Waals surface area contributed by atoms with Crippen molar-refractivity contribution in [2.75, 3.05) is 11.4 Å². The third kappa shape index (κ3) is 2.36. The van der Waals surface area contributed by atoms with Gasteiger partial charge in [-0.15, -0.1) is 0 Å². The third-order valence-electron chi connectivity index (χ3n) is 3.00. The Morgan fingerprint density at radius 2 is 1.89 bits per heavy atom. The van der Waals surface area contributed by atoms with E-state index in [1.165, 1.54) is 0 Å². The second-order valence-electron chi connectivity index (χ2n) is 4.18. The predicted molar refractivity (Wildman–Crippen MR) is 59.3 cm³/mol. The molecule has 0 spiro atoms. The fourth-order valence-electron chi connectivity index (χ4n) is 2.00. The van der Waals surface area contributed by atoms with E-state index in [1.54, 1.807) is 0 Å². The van der Waals surface area contributed by atoms with E-state index in [2.05, 4.69) is 0 Å². The smallest absolute Gasteiger partial charge is 0.364 e. The highest BCUT2D eigenvalue weighted by molar-refractivity contribution is 6.23. The Kier molecular flexibility index (Phi) is 3.38. The van der Waals surface area contributed by atoms with Crippen molar-refractivity contribution in [3.8, 4) is 0 Å². The molecule has 1 atom stereocenters. The number of hydrogen-bond acceptors (Lipinski definition) is 2. The molecule has 1 aromatic carbocycles. The first kappa shape index (κ1) is 14.3. The SMILES string of the molecule is OC(Cl)(c1ccc2c(c1)CCN2C(F)F)C(F)(F)F. The van der Waals surface area contributed by atoms with Gasteiger partial charge in [0.2, 0.25) is 0 Å². The number of fused-ring (bicyclic) bond motifs is 1. The summed E-state index contributed by atoms with van der Waals surface area (Å²) in [6, 6.07) is 3.03. The normalized spacial score (nSPS) is 18.6. The van der Waals surface area contributed by atoms with Crippen LogP contribution in [0.15, 0.2) is 18.2 Å². The Bertz CT molecular complexity index is 488. The van der Waals surface area contributed by atoms with Gasteiger partial charge < -0.3 is 10.0 Å². The maximum atomic E-state index is 12.6. The van der Waals surface area contributed by atoms with E-state index < -0.39 is 23.3 Å². The monoisotopic (exact) mass is 301 g/mol. The Balaban J connectivity index is 2.39. The third-order valence-corrected chi connectivity index (χ3v) is 3.44. The maximum Gasteiger partial charge on any atom is 0.436 e. The second-order valence-corrected chi connectivity index (χ2v) is 4.73. The summed E-state index contributed by atoms with van der Waals surface area (Å²) in [4.78, 5) is 0.778. The van der Waals surface area contributed by atoms with Crippen LogP contribution in [0.1, 0.15) is 11.1 Å². The lowest BCUT2D eigenvalue weighted by Crippen LogP contribution is -2.36. The van der Waals surface area contributed by atoms with Crippen LogP contribution in [0.3, 0.4) is 0 Å². The second kappa shape index (κ2) is 4.49. The molecule has 0 aromatic heterocycles. The largest absolute Gasteiger partial charge is 0.436 e. The average Bonchev–Trinajstić information content (AvgIpc) is 2.69. The fourth-order valence-corrected chi connectivity index (χ4v) is 2.12. The Labute approximate surface area is 110 Å². The van der Waals surface area contributed by atoms with Gasteiger partial charge in [-0.3, -0.25) is 0 Å². The lowest BCUT2D eigenvalue weighted by molar-refractivity contribution is -0.228. The molecule has 1 aliphatic rings. The number of hydrogen-bond donors (Lipinski definition) is 1. The van der Waals surface area contributed by atoms with Crippen LogP contribution < -0.4 is 4.90 Å². The van der Waals surface area contributed by atoms with E-state index in [1.807, 2.05) is 0 Å². The van der Waals surface area contributed by atoms with Gasteiger partial charge in [0, 0.05) is 17.8 Å². The first-order valence-corrected chi connectivity index (χ1v) is 5.68. The van der Waals surface area contributed by atoms with Gasteiger partial charge in [-0.2, -0.15) is 22.0 Å². The molecule has 8 heteroatoms. The molecule has 1 aromatic rings. The summed E-state index contributed by atoms with van der Waals surface area (Å²) in [5, 5.41) is 5.79. The van der Waals surface area contributed by atoms with E-state index in [0.717, 1.165) is 23.1 Å². The molecule has 2 nitrogen and oxygen atoms in total. The van der Waals surface area contributed by atoms with Gasteiger partial charge in [0.05, 0.1) is 0 Å². The molecule has 2 rings (SSSR count). The number of aliphatic hydroxyl groups is 1. The number of anilines is 1. The van der Waals surface area contributed by atoms with Crippen LogP contribution in [0, 0.1) is 0 Å². The highest BCUT2D eigenvalue weighted by atomic mass is 35.5. The maximum absolute atomic E-state index is 12.6. The lowest BCUT2D eigenvalue weighted by atomic mass is 10.0. The summed E-state index contributed by atoms with van der Waals surface area (Å²) in [5.74, 6) is 0. The van der Waals surface area contributed by atoms with Gasteiger partial charge in [-0.05, 0) is 24.1 Å². The van der Waals surface area contributed by atoms with E-state index in [-0.39, 0.29) is 18.7 Å². The number of halogens is 6. The van der Waals surface area contributed by atoms with Gasteiger partial charge >= 0.3 is 12.7 Å². The van der Waals surface area contributed by atoms with Gasteiger partial charge in [-0.1, -0.05) is 17.7 Å². The van der Waals surface area contributed by atoms with Crippen molar-refractivity contribution in [1.82, 2.24) is 0 Å². The summed E-state index contributed by atoms with van der Waals surface area (Å²) >= 11 is 5.11. The number of benzene rings is 1. The van der Waals surface area contributed by atoms with E-state index >= 15 is 0 Å². The van der Waals surface area contributed by atoms with Gasteiger partial charge in [0.15, 0.2) is 0 Å². The van der Waals surface area contributed by atoms with Crippen molar-refractivity contribution >= 4 is 17.3 Å². The highest BCUT2D eigenvalue weighted by Gasteiger charge is 2.54. The summed E-state index contributed by atoms with van der Waals surface area (Å²) in [7, 11) is 0. The zero-order valence-corrected chi connectivity index (χ0v) is 10.1. The minimum absolute atomic E-state index is 0.0170. The molecule has 0 bridgehead atoms. The highest BCUT2D eigenvalue weighted by Crippen LogP contribution is 2.44. The van der Waals surface area contributed by atoms with Gasteiger partial charge in [-0.25, -0.2) is 0 Å². The zero-order valence-electron chi connectivity index (χ0n) is 9.39. The minimum Gasteiger partial charge on any atom is -0.364 e. The van der Waals surface area contributed by atoms with Gasteiger partial charge in [0.25, 0.3) is 5.06 Å². The van der Waals surface area contributed by atoms with Gasteiger partial charge in [0.1, 0.15) is 0 Å². The fraction of sp³-hybridized carbons (Fsp3) is 0.455. The van der Waals surface area contributed by atoms with Crippen LogP contribution in [0.2, 0.25) is 0 Å². The molecule has 0 radical (unpaired) electrons. The molecule has 0 aliphatic carbocycles. The molecular formula is C11H9ClF5NO. The van der Waals surface area contributed by atoms with Crippen molar-refractivity contribution in [1.29, 1.82) is 0 Å². The van der Waals surface area contributed by atoms with Crippen LogP contribution >= 0.6 is 11.6 Å². The molecule has 1 unspecified atom stereocenters. The van der Waals surface area contributed by atoms with E-state index in [0.29, 0.717) is 5.56 Å². The molecule has 19 heavy (non-hydrogen) atoms. The van der Waals surface area contributed by atoms with E-state index in [9.17, 15) is 27.1 Å². The summed E-state index contributed by atoms with van der Waals surface area (Å²) in [6.45, 7) is -2.70. The van der Waals surface area contributed by atoms with Crippen LogP contribution in [0.5, 0.6) is 0 Å². The standard InChI is InChI=1S/C11H9ClF5NO/c12-10(19,11(15,16)17)7-1-2-8-6(5-7)3-4-18(8)9(13)14/h1-2,5,9,19H,3-4H2. The Morgan fingerprint density at radius 1 is 1.26 bits per heavy atom. The molecule has 1 heterocycles. The molecule has 0 saturated heterocycles. The first-order valence-electron chi connectivity index (χ1n) is 5.31. The summed E-state index contributed by atoms with van der Waals surface area (Å²) in [6.07, 6.45) is -4.87. The molecule has 0 amide bonds. The van der Waals surface area contributed by atoms with Crippen molar-refractivity contribution < 1.29 is 27.1 Å². The minimum atomic E-state index is -5.05. The quantitative estimate of drug-likeness (QED) is 0.515. The predicted octanol–water partition coefficient (Wildman–Crippen LogP) is 3.22. The zero-order chi connectivity index (χ0) is 14.4. The van der Waals surface area contributed by atoms with Crippen molar-refractivity contribution in [3.05, 3.63) is 29.3 Å². The first-order chi connectivity index (χ1) is 8.64. The molecule has 1 aliphatic heterocycles. The lowest BCUT2D eigenvalue weighted by Gasteiger charge is -2.25. The Hall–Kier alpha value is -1.08. The molecule has 106 valence electrons. The molecule has 0 saturated carbocycles. The number of alkyl halides is 6. The topological polar surface area (TPSA) is 23.5 Å². The van der Waals surface area contributed by atoms with Crippen LogP contribution in [-0.2, 0) is 11.5 Å².